The van der Waals surface area contributed by atoms with Crippen molar-refractivity contribution in [1.82, 2.24) is 4.90 Å². The third-order valence-corrected chi connectivity index (χ3v) is 4.39. The van der Waals surface area contributed by atoms with Crippen LogP contribution in [-0.4, -0.2) is 30.1 Å². The van der Waals surface area contributed by atoms with E-state index in [4.69, 9.17) is 5.73 Å². The number of hydrogen-bond donors (Lipinski definition) is 1. The molecule has 0 amide bonds. The summed E-state index contributed by atoms with van der Waals surface area (Å²) in [4.78, 5) is 2.70. The third-order valence-electron chi connectivity index (χ3n) is 4.39. The molecule has 1 aliphatic heterocycles. The molecule has 4 unspecified atom stereocenters. The van der Waals surface area contributed by atoms with Gasteiger partial charge >= 0.3 is 0 Å². The second-order valence-electron chi connectivity index (χ2n) is 5.24. The lowest BCUT2D eigenvalue weighted by atomic mass is 9.78. The molecule has 0 aromatic rings. The van der Waals surface area contributed by atoms with Crippen molar-refractivity contribution in [2.75, 3.05) is 13.1 Å². The highest BCUT2D eigenvalue weighted by Crippen LogP contribution is 2.34. The molecule has 82 valence electrons. The van der Waals surface area contributed by atoms with Crippen LogP contribution in [0.5, 0.6) is 0 Å². The summed E-state index contributed by atoms with van der Waals surface area (Å²) in [6, 6.07) is 1.35. The zero-order chi connectivity index (χ0) is 10.1. The summed E-state index contributed by atoms with van der Waals surface area (Å²) in [5.41, 5.74) is 6.12. The van der Waals surface area contributed by atoms with Gasteiger partial charge in [0.25, 0.3) is 0 Å². The van der Waals surface area contributed by atoms with Gasteiger partial charge in [-0.15, -0.1) is 0 Å². The van der Waals surface area contributed by atoms with E-state index in [2.05, 4.69) is 18.7 Å². The van der Waals surface area contributed by atoms with E-state index in [0.29, 0.717) is 6.04 Å². The predicted molar refractivity (Wildman–Crippen MR) is 60.1 cm³/mol. The Kier molecular flexibility index (Phi) is 3.13. The minimum atomic E-state index is 0.464. The molecular weight excluding hydrogens is 172 g/mol. The van der Waals surface area contributed by atoms with Crippen LogP contribution in [0.4, 0.5) is 0 Å². The molecule has 0 spiro atoms. The maximum Gasteiger partial charge on any atom is 0.0121 e. The number of rotatable bonds is 2. The van der Waals surface area contributed by atoms with E-state index in [1.54, 1.807) is 0 Å². The van der Waals surface area contributed by atoms with Crippen LogP contribution in [0.25, 0.3) is 0 Å². The van der Waals surface area contributed by atoms with Gasteiger partial charge in [0.05, 0.1) is 0 Å². The second-order valence-corrected chi connectivity index (χ2v) is 5.24. The minimum absolute atomic E-state index is 0.464. The van der Waals surface area contributed by atoms with Gasteiger partial charge in [-0.1, -0.05) is 20.3 Å². The predicted octanol–water partition coefficient (Wildman–Crippen LogP) is 1.84. The second kappa shape index (κ2) is 4.19. The molecule has 1 saturated heterocycles. The summed E-state index contributed by atoms with van der Waals surface area (Å²) >= 11 is 0. The van der Waals surface area contributed by atoms with Crippen LogP contribution in [0.15, 0.2) is 0 Å². The Hall–Kier alpha value is -0.0800. The monoisotopic (exact) mass is 196 g/mol. The fourth-order valence-corrected chi connectivity index (χ4v) is 3.00. The van der Waals surface area contributed by atoms with Gasteiger partial charge in [-0.25, -0.2) is 0 Å². The highest BCUT2D eigenvalue weighted by atomic mass is 15.2. The molecule has 4 atom stereocenters. The van der Waals surface area contributed by atoms with Crippen molar-refractivity contribution in [2.45, 2.75) is 51.6 Å². The molecule has 0 aromatic carbocycles. The molecule has 1 heterocycles. The van der Waals surface area contributed by atoms with Crippen LogP contribution in [-0.2, 0) is 0 Å². The summed E-state index contributed by atoms with van der Waals surface area (Å²) < 4.78 is 0. The maximum absolute atomic E-state index is 6.12. The fraction of sp³-hybridized carbons (Fsp3) is 1.00. The van der Waals surface area contributed by atoms with Crippen LogP contribution in [0.3, 0.4) is 0 Å². The zero-order valence-electron chi connectivity index (χ0n) is 9.58. The molecule has 0 radical (unpaired) electrons. The molecule has 0 bridgehead atoms. The Bertz CT molecular complexity index is 193. The normalized spacial score (nSPS) is 44.8. The Labute approximate surface area is 87.8 Å². The van der Waals surface area contributed by atoms with Gasteiger partial charge in [-0.05, 0) is 37.6 Å². The average Bonchev–Trinajstić information content (AvgIpc) is 2.18. The van der Waals surface area contributed by atoms with E-state index in [-0.39, 0.29) is 0 Å². The standard InChI is InChI=1S/C12H24N2/c1-3-10-8-14(7-6-11(10)13)12-5-4-9(12)2/h9-12H,3-8,13H2,1-2H3. The molecule has 1 aliphatic carbocycles. The average molecular weight is 196 g/mol. The van der Waals surface area contributed by atoms with Crippen LogP contribution in [0.2, 0.25) is 0 Å². The van der Waals surface area contributed by atoms with Crippen molar-refractivity contribution in [3.05, 3.63) is 0 Å². The van der Waals surface area contributed by atoms with E-state index in [1.807, 2.05) is 0 Å². The summed E-state index contributed by atoms with van der Waals surface area (Å²) in [6.45, 7) is 7.17. The lowest BCUT2D eigenvalue weighted by molar-refractivity contribution is 0.0286. The van der Waals surface area contributed by atoms with Crippen molar-refractivity contribution in [3.8, 4) is 0 Å². The number of hydrogen-bond acceptors (Lipinski definition) is 2. The van der Waals surface area contributed by atoms with Gasteiger partial charge in [0.2, 0.25) is 0 Å². The number of likely N-dealkylation sites (tertiary alicyclic amines) is 1. The van der Waals surface area contributed by atoms with Gasteiger partial charge in [0, 0.05) is 18.6 Å². The highest BCUT2D eigenvalue weighted by Gasteiger charge is 2.36. The summed E-state index contributed by atoms with van der Waals surface area (Å²) in [7, 11) is 0. The van der Waals surface area contributed by atoms with Crippen LogP contribution < -0.4 is 5.73 Å². The Morgan fingerprint density at radius 3 is 2.57 bits per heavy atom. The highest BCUT2D eigenvalue weighted by molar-refractivity contribution is 4.91. The van der Waals surface area contributed by atoms with Crippen LogP contribution in [0.1, 0.15) is 39.5 Å². The zero-order valence-corrected chi connectivity index (χ0v) is 9.58. The maximum atomic E-state index is 6.12. The van der Waals surface area contributed by atoms with Crippen LogP contribution >= 0.6 is 0 Å². The first-order valence-electron chi connectivity index (χ1n) is 6.22. The first kappa shape index (κ1) is 10.4. The molecule has 2 fully saturated rings. The summed E-state index contributed by atoms with van der Waals surface area (Å²) in [6.07, 6.45) is 5.32. The lowest BCUT2D eigenvalue weighted by Gasteiger charge is -2.47. The van der Waals surface area contributed by atoms with E-state index >= 15 is 0 Å². The Morgan fingerprint density at radius 2 is 2.07 bits per heavy atom. The molecule has 2 N–H and O–H groups in total. The van der Waals surface area contributed by atoms with Crippen molar-refractivity contribution in [1.29, 1.82) is 0 Å². The summed E-state index contributed by atoms with van der Waals surface area (Å²) in [5.74, 6) is 1.68. The lowest BCUT2D eigenvalue weighted by Crippen LogP contribution is -2.54. The van der Waals surface area contributed by atoms with E-state index in [9.17, 15) is 0 Å². The smallest absolute Gasteiger partial charge is 0.0121 e. The van der Waals surface area contributed by atoms with E-state index in [0.717, 1.165) is 17.9 Å². The molecule has 0 aromatic heterocycles. The van der Waals surface area contributed by atoms with Gasteiger partial charge in [0.1, 0.15) is 0 Å². The fourth-order valence-electron chi connectivity index (χ4n) is 3.00. The molecule has 14 heavy (non-hydrogen) atoms. The minimum Gasteiger partial charge on any atom is -0.327 e. The SMILES string of the molecule is CCC1CN(C2CCC2C)CCC1N. The van der Waals surface area contributed by atoms with Crippen molar-refractivity contribution >= 4 is 0 Å². The van der Waals surface area contributed by atoms with Gasteiger partial charge in [-0.2, -0.15) is 0 Å². The van der Waals surface area contributed by atoms with Gasteiger partial charge < -0.3 is 5.73 Å². The quantitative estimate of drug-likeness (QED) is 0.730. The number of piperidine rings is 1. The van der Waals surface area contributed by atoms with Crippen molar-refractivity contribution in [3.63, 3.8) is 0 Å². The van der Waals surface area contributed by atoms with Gasteiger partial charge in [0.15, 0.2) is 0 Å². The first-order valence-corrected chi connectivity index (χ1v) is 6.22. The Morgan fingerprint density at radius 1 is 1.29 bits per heavy atom. The summed E-state index contributed by atoms with van der Waals surface area (Å²) in [5, 5.41) is 0. The Balaban J connectivity index is 1.89. The molecule has 2 rings (SSSR count). The van der Waals surface area contributed by atoms with Gasteiger partial charge in [-0.3, -0.25) is 4.90 Å². The number of nitrogens with two attached hydrogens (primary N) is 1. The largest absolute Gasteiger partial charge is 0.327 e. The molecule has 1 saturated carbocycles. The van der Waals surface area contributed by atoms with Crippen molar-refractivity contribution < 1.29 is 0 Å². The molecular formula is C12H24N2. The van der Waals surface area contributed by atoms with Crippen molar-refractivity contribution in [2.24, 2.45) is 17.6 Å². The first-order chi connectivity index (χ1) is 6.72. The van der Waals surface area contributed by atoms with Crippen LogP contribution in [0, 0.1) is 11.8 Å². The van der Waals surface area contributed by atoms with E-state index in [1.165, 1.54) is 38.8 Å². The molecule has 2 nitrogen and oxygen atoms in total. The van der Waals surface area contributed by atoms with E-state index < -0.39 is 0 Å². The topological polar surface area (TPSA) is 29.3 Å². The molecule has 2 aliphatic rings. The third kappa shape index (κ3) is 1.82. The number of nitrogens with zero attached hydrogens (tertiary/aromatic N) is 1. The molecule has 2 heteroatoms.